The lowest BCUT2D eigenvalue weighted by molar-refractivity contribution is -0.137. The predicted octanol–water partition coefficient (Wildman–Crippen LogP) is 4.87. The Hall–Kier alpha value is -3.40. The van der Waals surface area contributed by atoms with Gasteiger partial charge in [0.25, 0.3) is 0 Å². The maximum Gasteiger partial charge on any atom is 0.416 e. The van der Waals surface area contributed by atoms with E-state index in [1.165, 1.54) is 31.6 Å². The van der Waals surface area contributed by atoms with Gasteiger partial charge >= 0.3 is 12.0 Å². The fraction of sp³-hybridized carbons (Fsp3) is 0.375. The van der Waals surface area contributed by atoms with Gasteiger partial charge in [0, 0.05) is 30.5 Å². The Bertz CT molecular complexity index is 1330. The number of oxazole rings is 1. The number of halogens is 3. The number of nitrogens with zero attached hydrogens (tertiary/aromatic N) is 4. The Morgan fingerprint density at radius 2 is 2.03 bits per heavy atom. The van der Waals surface area contributed by atoms with Crippen molar-refractivity contribution in [1.29, 1.82) is 0 Å². The van der Waals surface area contributed by atoms with Gasteiger partial charge in [-0.25, -0.2) is 9.97 Å². The van der Waals surface area contributed by atoms with Crippen LogP contribution < -0.4 is 10.6 Å². The Balaban J connectivity index is 1.39. The van der Waals surface area contributed by atoms with Crippen LogP contribution in [0.1, 0.15) is 24.8 Å². The van der Waals surface area contributed by atoms with Gasteiger partial charge in [-0.15, -0.1) is 0 Å². The van der Waals surface area contributed by atoms with Crippen molar-refractivity contribution in [2.45, 2.75) is 31.5 Å². The molecular formula is C24H23F3N6O. The van der Waals surface area contributed by atoms with Crippen LogP contribution in [0.4, 0.5) is 19.1 Å². The van der Waals surface area contributed by atoms with Crippen molar-refractivity contribution in [3.63, 3.8) is 0 Å². The Morgan fingerprint density at radius 3 is 2.85 bits per heavy atom. The zero-order valence-corrected chi connectivity index (χ0v) is 18.2. The van der Waals surface area contributed by atoms with Crippen LogP contribution in [0.5, 0.6) is 0 Å². The topological polar surface area (TPSA) is 80.3 Å². The van der Waals surface area contributed by atoms with Crippen LogP contribution in [-0.2, 0) is 6.18 Å². The molecule has 6 rings (SSSR count). The molecule has 34 heavy (non-hydrogen) atoms. The van der Waals surface area contributed by atoms with Crippen molar-refractivity contribution in [3.05, 3.63) is 54.6 Å². The molecule has 2 fully saturated rings. The molecule has 1 saturated heterocycles. The monoisotopic (exact) mass is 468 g/mol. The lowest BCUT2D eigenvalue weighted by Gasteiger charge is -2.40. The van der Waals surface area contributed by atoms with Crippen LogP contribution >= 0.6 is 0 Å². The van der Waals surface area contributed by atoms with Crippen LogP contribution in [0.3, 0.4) is 0 Å². The molecule has 2 N–H and O–H groups in total. The van der Waals surface area contributed by atoms with Crippen LogP contribution in [0.2, 0.25) is 0 Å². The molecular weight excluding hydrogens is 445 g/mol. The molecule has 0 amide bonds. The van der Waals surface area contributed by atoms with Crippen molar-refractivity contribution < 1.29 is 17.6 Å². The maximum atomic E-state index is 13.3. The van der Waals surface area contributed by atoms with Crippen LogP contribution in [0.25, 0.3) is 28.5 Å². The van der Waals surface area contributed by atoms with Crippen molar-refractivity contribution >= 4 is 11.8 Å². The standard InChI is InChI=1S/C24H23F3N6O/c25-24(26,27)16-3-1-2-15(12-16)20-21(33-10-11-34-23(33)32-20)18-7-9-29-22(30-18)31-19-13-28-8-6-14-4-5-17(14)19/h1-3,7,9-12,14,17,19,28H,4-6,8,13H2,(H,29,30,31)/t14?,17?,19-/m1/s1. The summed E-state index contributed by atoms with van der Waals surface area (Å²) in [5.74, 6) is 2.09. The molecule has 1 aromatic carbocycles. The number of anilines is 1. The third-order valence-electron chi connectivity index (χ3n) is 6.99. The lowest BCUT2D eigenvalue weighted by Crippen LogP contribution is -2.43. The minimum absolute atomic E-state index is 0.235. The summed E-state index contributed by atoms with van der Waals surface area (Å²) in [5.41, 5.74) is 1.06. The van der Waals surface area contributed by atoms with Gasteiger partial charge in [-0.1, -0.05) is 12.1 Å². The highest BCUT2D eigenvalue weighted by Crippen LogP contribution is 2.41. The molecule has 10 heteroatoms. The summed E-state index contributed by atoms with van der Waals surface area (Å²) >= 11 is 0. The van der Waals surface area contributed by atoms with E-state index in [1.54, 1.807) is 28.9 Å². The van der Waals surface area contributed by atoms with E-state index in [2.05, 4.69) is 20.6 Å². The summed E-state index contributed by atoms with van der Waals surface area (Å²) < 4.78 is 47.2. The average molecular weight is 468 g/mol. The maximum absolute atomic E-state index is 13.3. The number of benzene rings is 1. The number of hydrogen-bond acceptors (Lipinski definition) is 6. The van der Waals surface area contributed by atoms with E-state index >= 15 is 0 Å². The molecule has 176 valence electrons. The van der Waals surface area contributed by atoms with Crippen molar-refractivity contribution in [2.24, 2.45) is 11.8 Å². The van der Waals surface area contributed by atoms with E-state index in [0.717, 1.165) is 31.1 Å². The number of alkyl halides is 3. The van der Waals surface area contributed by atoms with Gasteiger partial charge in [0.15, 0.2) is 0 Å². The SMILES string of the molecule is FC(F)(F)c1cccc(-c2nc3occn3c2-c2ccnc(N[C@@H]3CNCCC4CCC43)n2)c1. The fourth-order valence-electron chi connectivity index (χ4n) is 5.14. The number of imidazole rings is 1. The molecule has 2 unspecified atom stereocenters. The Morgan fingerprint density at radius 1 is 1.12 bits per heavy atom. The van der Waals surface area contributed by atoms with E-state index < -0.39 is 11.7 Å². The molecule has 3 aromatic heterocycles. The zero-order chi connectivity index (χ0) is 23.3. The summed E-state index contributed by atoms with van der Waals surface area (Å²) in [4.78, 5) is 13.6. The van der Waals surface area contributed by atoms with Crippen LogP contribution in [0, 0.1) is 11.8 Å². The summed E-state index contributed by atoms with van der Waals surface area (Å²) in [6.07, 6.45) is 4.02. The van der Waals surface area contributed by atoms with Crippen LogP contribution in [-0.4, -0.2) is 38.5 Å². The first-order chi connectivity index (χ1) is 16.5. The zero-order valence-electron chi connectivity index (χ0n) is 18.2. The number of nitrogens with one attached hydrogen (secondary N) is 2. The lowest BCUT2D eigenvalue weighted by atomic mass is 9.69. The van der Waals surface area contributed by atoms with Gasteiger partial charge in [-0.05, 0) is 55.8 Å². The molecule has 1 saturated carbocycles. The number of fused-ring (bicyclic) bond motifs is 2. The second kappa shape index (κ2) is 8.12. The normalized spacial score (nSPS) is 22.7. The quantitative estimate of drug-likeness (QED) is 0.445. The highest BCUT2D eigenvalue weighted by molar-refractivity contribution is 5.80. The molecule has 3 atom stereocenters. The van der Waals surface area contributed by atoms with Crippen molar-refractivity contribution in [3.8, 4) is 22.6 Å². The molecule has 4 aromatic rings. The second-order valence-electron chi connectivity index (χ2n) is 8.95. The van der Waals surface area contributed by atoms with E-state index in [1.807, 2.05) is 0 Å². The molecule has 7 nitrogen and oxygen atoms in total. The number of aromatic nitrogens is 4. The minimum atomic E-state index is -4.45. The van der Waals surface area contributed by atoms with Gasteiger partial charge < -0.3 is 15.1 Å². The largest absolute Gasteiger partial charge is 0.432 e. The van der Waals surface area contributed by atoms with Crippen LogP contribution in [0.15, 0.2) is 53.4 Å². The molecule has 0 spiro atoms. The third-order valence-corrected chi connectivity index (χ3v) is 6.99. The first kappa shape index (κ1) is 21.2. The average Bonchev–Trinajstić information content (AvgIpc) is 3.35. The Labute approximate surface area is 193 Å². The summed E-state index contributed by atoms with van der Waals surface area (Å²) in [6.45, 7) is 1.87. The summed E-state index contributed by atoms with van der Waals surface area (Å²) in [7, 11) is 0. The van der Waals surface area contributed by atoms with Gasteiger partial charge in [0.1, 0.15) is 17.7 Å². The van der Waals surface area contributed by atoms with Crippen molar-refractivity contribution in [2.75, 3.05) is 18.4 Å². The minimum Gasteiger partial charge on any atom is -0.432 e. The fourth-order valence-corrected chi connectivity index (χ4v) is 5.14. The molecule has 0 bridgehead atoms. The van der Waals surface area contributed by atoms with Gasteiger partial charge in [0.2, 0.25) is 5.95 Å². The van der Waals surface area contributed by atoms with E-state index in [9.17, 15) is 13.2 Å². The molecule has 1 aliphatic heterocycles. The third kappa shape index (κ3) is 3.71. The molecule has 4 heterocycles. The highest BCUT2D eigenvalue weighted by atomic mass is 19.4. The Kier molecular flexibility index (Phi) is 5.05. The van der Waals surface area contributed by atoms with E-state index in [-0.39, 0.29) is 11.9 Å². The van der Waals surface area contributed by atoms with Gasteiger partial charge in [0.05, 0.1) is 11.3 Å². The summed E-state index contributed by atoms with van der Waals surface area (Å²) in [6, 6.07) is 7.10. The van der Waals surface area contributed by atoms with E-state index in [4.69, 9.17) is 9.40 Å². The number of rotatable bonds is 4. The summed E-state index contributed by atoms with van der Waals surface area (Å²) in [5, 5.41) is 6.99. The molecule has 1 aliphatic carbocycles. The molecule has 2 aliphatic rings. The number of hydrogen-bond donors (Lipinski definition) is 2. The smallest absolute Gasteiger partial charge is 0.416 e. The van der Waals surface area contributed by atoms with Crippen molar-refractivity contribution in [1.82, 2.24) is 24.7 Å². The molecule has 0 radical (unpaired) electrons. The second-order valence-corrected chi connectivity index (χ2v) is 8.95. The highest BCUT2D eigenvalue weighted by Gasteiger charge is 2.38. The van der Waals surface area contributed by atoms with Gasteiger partial charge in [-0.2, -0.15) is 18.2 Å². The first-order valence-electron chi connectivity index (χ1n) is 11.4. The predicted molar refractivity (Wildman–Crippen MR) is 120 cm³/mol. The van der Waals surface area contributed by atoms with Gasteiger partial charge in [-0.3, -0.25) is 4.40 Å². The first-order valence-corrected chi connectivity index (χ1v) is 11.4. The van der Waals surface area contributed by atoms with E-state index in [0.29, 0.717) is 34.5 Å².